The first-order chi connectivity index (χ1) is 18.2. The highest BCUT2D eigenvalue weighted by atomic mass is 16.1. The lowest BCUT2D eigenvalue weighted by atomic mass is 9.92. The minimum absolute atomic E-state index is 0.0549. The minimum atomic E-state index is -0.107. The molecule has 0 aliphatic heterocycles. The zero-order chi connectivity index (χ0) is 26.4. The maximum atomic E-state index is 12.4. The molecule has 6 aromatic rings. The quantitative estimate of drug-likeness (QED) is 0.304. The van der Waals surface area contributed by atoms with Gasteiger partial charge < -0.3 is 14.9 Å². The average Bonchev–Trinajstić information content (AvgIpc) is 3.60. The lowest BCUT2D eigenvalue weighted by Crippen LogP contribution is -2.19. The van der Waals surface area contributed by atoms with Gasteiger partial charge in [-0.05, 0) is 36.6 Å². The van der Waals surface area contributed by atoms with Crippen molar-refractivity contribution in [2.45, 2.75) is 34.1 Å². The van der Waals surface area contributed by atoms with Gasteiger partial charge in [-0.3, -0.25) is 14.9 Å². The van der Waals surface area contributed by atoms with Crippen LogP contribution in [0.5, 0.6) is 0 Å². The van der Waals surface area contributed by atoms with Crippen LogP contribution in [0.3, 0.4) is 0 Å². The Balaban J connectivity index is 1.36. The van der Waals surface area contributed by atoms with E-state index in [1.54, 1.807) is 24.9 Å². The number of aromatic nitrogens is 9. The molecule has 38 heavy (non-hydrogen) atoms. The number of carbonyl (C=O) groups is 1. The van der Waals surface area contributed by atoms with Crippen LogP contribution in [0.4, 0.5) is 5.69 Å². The molecule has 0 radical (unpaired) electrons. The summed E-state index contributed by atoms with van der Waals surface area (Å²) in [6, 6.07) is 7.57. The van der Waals surface area contributed by atoms with E-state index in [2.05, 4.69) is 35.5 Å². The second kappa shape index (κ2) is 8.87. The Hall–Kier alpha value is -4.93. The van der Waals surface area contributed by atoms with Crippen LogP contribution >= 0.6 is 0 Å². The lowest BCUT2D eigenvalue weighted by molar-refractivity contribution is -0.117. The summed E-state index contributed by atoms with van der Waals surface area (Å²) in [7, 11) is 0. The van der Waals surface area contributed by atoms with Crippen molar-refractivity contribution in [2.24, 2.45) is 5.41 Å². The van der Waals surface area contributed by atoms with Gasteiger partial charge in [0.05, 0.1) is 40.8 Å². The summed E-state index contributed by atoms with van der Waals surface area (Å²) in [5.41, 5.74) is 7.11. The molecule has 0 fully saturated rings. The van der Waals surface area contributed by atoms with E-state index < -0.39 is 0 Å². The van der Waals surface area contributed by atoms with Gasteiger partial charge in [0.25, 0.3) is 0 Å². The Bertz CT molecular complexity index is 1800. The molecule has 0 bridgehead atoms. The van der Waals surface area contributed by atoms with E-state index in [0.29, 0.717) is 46.0 Å². The van der Waals surface area contributed by atoms with E-state index in [9.17, 15) is 4.79 Å². The number of carbonyl (C=O) groups excluding carboxylic acids is 1. The number of H-pyrrole nitrogens is 2. The molecule has 0 aromatic carbocycles. The molecule has 11 nitrogen and oxygen atoms in total. The fourth-order valence-electron chi connectivity index (χ4n) is 4.33. The van der Waals surface area contributed by atoms with Crippen molar-refractivity contribution in [3.8, 4) is 28.5 Å². The van der Waals surface area contributed by atoms with Crippen LogP contribution in [-0.2, 0) is 4.79 Å². The van der Waals surface area contributed by atoms with Gasteiger partial charge in [-0.25, -0.2) is 19.9 Å². The molecular formula is C27H26N10O. The molecule has 0 aliphatic carbocycles. The maximum absolute atomic E-state index is 12.4. The van der Waals surface area contributed by atoms with Gasteiger partial charge in [0.1, 0.15) is 11.0 Å². The first-order valence-corrected chi connectivity index (χ1v) is 12.2. The topological polar surface area (TPSA) is 143 Å². The number of pyridine rings is 3. The zero-order valence-electron chi connectivity index (χ0n) is 21.4. The van der Waals surface area contributed by atoms with Crippen LogP contribution in [-0.4, -0.2) is 50.6 Å². The number of fused-ring (bicyclic) bond motifs is 2. The number of hydrogen-bond acceptors (Lipinski definition) is 7. The maximum Gasteiger partial charge on any atom is 0.224 e. The van der Waals surface area contributed by atoms with E-state index in [0.717, 1.165) is 22.5 Å². The van der Waals surface area contributed by atoms with Crippen LogP contribution < -0.4 is 5.32 Å². The van der Waals surface area contributed by atoms with Crippen molar-refractivity contribution in [3.63, 3.8) is 0 Å². The van der Waals surface area contributed by atoms with Gasteiger partial charge in [-0.1, -0.05) is 20.8 Å². The zero-order valence-corrected chi connectivity index (χ0v) is 21.4. The van der Waals surface area contributed by atoms with Gasteiger partial charge in [0.15, 0.2) is 17.2 Å². The van der Waals surface area contributed by atoms with Crippen molar-refractivity contribution >= 4 is 33.8 Å². The Labute approximate surface area is 217 Å². The van der Waals surface area contributed by atoms with E-state index in [-0.39, 0.29) is 11.3 Å². The predicted octanol–water partition coefficient (Wildman–Crippen LogP) is 4.83. The van der Waals surface area contributed by atoms with E-state index in [1.165, 1.54) is 0 Å². The largest absolute Gasteiger partial charge is 0.325 e. The SMILES string of the molecule is Cc1cn(-c2ccnc3[nH]c(-c4n[nH]c5ccc(-c6cncc(NC(=O)CC(C)(C)C)c6)nc45)nc23)cn1. The predicted molar refractivity (Wildman–Crippen MR) is 145 cm³/mol. The molecule has 3 N–H and O–H groups in total. The van der Waals surface area contributed by atoms with Gasteiger partial charge in [-0.2, -0.15) is 5.10 Å². The third kappa shape index (κ3) is 4.49. The van der Waals surface area contributed by atoms with Crippen LogP contribution in [0.25, 0.3) is 50.7 Å². The first kappa shape index (κ1) is 23.5. The number of aromatic amines is 2. The average molecular weight is 507 g/mol. The van der Waals surface area contributed by atoms with Crippen LogP contribution in [0.15, 0.2) is 55.4 Å². The van der Waals surface area contributed by atoms with Crippen molar-refractivity contribution < 1.29 is 4.79 Å². The highest BCUT2D eigenvalue weighted by molar-refractivity contribution is 5.93. The Morgan fingerprint density at radius 1 is 1.08 bits per heavy atom. The second-order valence-corrected chi connectivity index (χ2v) is 10.4. The number of nitrogens with one attached hydrogen (secondary N) is 3. The molecule has 0 unspecified atom stereocenters. The molecule has 0 spiro atoms. The number of rotatable bonds is 5. The van der Waals surface area contributed by atoms with Crippen molar-refractivity contribution in [1.29, 1.82) is 0 Å². The normalized spacial score (nSPS) is 11.9. The fraction of sp³-hybridized carbons (Fsp3) is 0.222. The van der Waals surface area contributed by atoms with Gasteiger partial charge in [0, 0.05) is 30.6 Å². The fourth-order valence-corrected chi connectivity index (χ4v) is 4.33. The standard InChI is InChI=1S/C27H26N10O/c1-15-13-37(14-30-15)20-7-8-29-25-23(20)33-26(34-25)24-22-19(35-36-24)6-5-18(32-22)16-9-17(12-28-11-16)31-21(38)10-27(2,3)4/h5-9,11-14H,10H2,1-4H3,(H,31,38)(H,35,36)(H,29,33,34). The summed E-state index contributed by atoms with van der Waals surface area (Å²) in [6.07, 6.45) is 9.19. The second-order valence-electron chi connectivity index (χ2n) is 10.4. The number of anilines is 1. The Morgan fingerprint density at radius 3 is 2.74 bits per heavy atom. The molecule has 6 heterocycles. The third-order valence-corrected chi connectivity index (χ3v) is 5.99. The molecule has 190 valence electrons. The molecular weight excluding hydrogens is 480 g/mol. The highest BCUT2D eigenvalue weighted by Gasteiger charge is 2.19. The third-order valence-electron chi connectivity index (χ3n) is 5.99. The van der Waals surface area contributed by atoms with E-state index in [4.69, 9.17) is 9.97 Å². The molecule has 1 amide bonds. The Kier molecular flexibility index (Phi) is 5.48. The van der Waals surface area contributed by atoms with Gasteiger partial charge in [-0.15, -0.1) is 0 Å². The molecule has 11 heteroatoms. The van der Waals surface area contributed by atoms with Crippen LogP contribution in [0, 0.1) is 12.3 Å². The minimum Gasteiger partial charge on any atom is -0.325 e. The number of amides is 1. The number of nitrogens with zero attached hydrogens (tertiary/aromatic N) is 7. The summed E-state index contributed by atoms with van der Waals surface area (Å²) in [4.78, 5) is 38.5. The number of hydrogen-bond donors (Lipinski definition) is 3. The number of imidazole rings is 2. The first-order valence-electron chi connectivity index (χ1n) is 12.2. The van der Waals surface area contributed by atoms with Gasteiger partial charge in [0.2, 0.25) is 5.91 Å². The van der Waals surface area contributed by atoms with Crippen LogP contribution in [0.1, 0.15) is 32.9 Å². The van der Waals surface area contributed by atoms with E-state index >= 15 is 0 Å². The summed E-state index contributed by atoms with van der Waals surface area (Å²) in [5.74, 6) is 0.495. The van der Waals surface area contributed by atoms with Crippen LogP contribution in [0.2, 0.25) is 0 Å². The van der Waals surface area contributed by atoms with Crippen molar-refractivity contribution in [3.05, 3.63) is 61.1 Å². The molecule has 6 aromatic heterocycles. The molecule has 0 atom stereocenters. The molecule has 0 saturated heterocycles. The molecule has 0 saturated carbocycles. The summed E-state index contributed by atoms with van der Waals surface area (Å²) in [5, 5.41) is 10.5. The monoisotopic (exact) mass is 506 g/mol. The summed E-state index contributed by atoms with van der Waals surface area (Å²) < 4.78 is 1.92. The highest BCUT2D eigenvalue weighted by Crippen LogP contribution is 2.29. The van der Waals surface area contributed by atoms with Gasteiger partial charge >= 0.3 is 0 Å². The summed E-state index contributed by atoms with van der Waals surface area (Å²) in [6.45, 7) is 8.02. The molecule has 0 aliphatic rings. The Morgan fingerprint density at radius 2 is 1.95 bits per heavy atom. The molecule has 6 rings (SSSR count). The van der Waals surface area contributed by atoms with E-state index in [1.807, 2.05) is 62.7 Å². The van der Waals surface area contributed by atoms with Crippen molar-refractivity contribution in [1.82, 2.24) is 44.7 Å². The lowest BCUT2D eigenvalue weighted by Gasteiger charge is -2.17. The van der Waals surface area contributed by atoms with Crippen molar-refractivity contribution in [2.75, 3.05) is 5.32 Å². The smallest absolute Gasteiger partial charge is 0.224 e. The summed E-state index contributed by atoms with van der Waals surface area (Å²) >= 11 is 0. The number of aryl methyl sites for hydroxylation is 1.